The molecule has 0 radical (unpaired) electrons. The van der Waals surface area contributed by atoms with Crippen LogP contribution in [0.4, 0.5) is 4.79 Å². The normalized spacial score (nSPS) is 22.7. The van der Waals surface area contributed by atoms with Crippen molar-refractivity contribution in [3.63, 3.8) is 0 Å². The van der Waals surface area contributed by atoms with Crippen LogP contribution >= 0.6 is 0 Å². The molecule has 2 aliphatic rings. The summed E-state index contributed by atoms with van der Waals surface area (Å²) >= 11 is 0. The summed E-state index contributed by atoms with van der Waals surface area (Å²) in [5.74, 6) is -0.191. The van der Waals surface area contributed by atoms with Crippen molar-refractivity contribution in [1.29, 1.82) is 0 Å². The van der Waals surface area contributed by atoms with Gasteiger partial charge < -0.3 is 29.0 Å². The Hall–Kier alpha value is -2.40. The number of hydrogen-bond acceptors (Lipinski definition) is 8. The van der Waals surface area contributed by atoms with Gasteiger partial charge in [0.05, 0.1) is 17.7 Å². The Bertz CT molecular complexity index is 855. The van der Waals surface area contributed by atoms with Gasteiger partial charge in [-0.2, -0.15) is 0 Å². The van der Waals surface area contributed by atoms with Gasteiger partial charge in [-0.25, -0.2) is 14.8 Å². The van der Waals surface area contributed by atoms with Gasteiger partial charge in [-0.05, 0) is 55.4 Å². The third-order valence-corrected chi connectivity index (χ3v) is 6.01. The van der Waals surface area contributed by atoms with E-state index in [2.05, 4.69) is 15.3 Å². The van der Waals surface area contributed by atoms with E-state index in [0.717, 1.165) is 0 Å². The summed E-state index contributed by atoms with van der Waals surface area (Å²) in [7, 11) is -0.539. The highest BCUT2D eigenvalue weighted by Gasteiger charge is 2.52. The number of hydrogen-bond donors (Lipinski definition) is 1. The fourth-order valence-electron chi connectivity index (χ4n) is 3.48. The van der Waals surface area contributed by atoms with Crippen LogP contribution in [0.2, 0.25) is 0 Å². The number of carbonyl (C=O) groups excluding carboxylic acids is 2. The molecule has 10 nitrogen and oxygen atoms in total. The average Bonchev–Trinajstić information content (AvgIpc) is 3.21. The van der Waals surface area contributed by atoms with E-state index in [4.69, 9.17) is 18.8 Å². The fourth-order valence-corrected chi connectivity index (χ4v) is 3.48. The summed E-state index contributed by atoms with van der Waals surface area (Å²) < 4.78 is 23.1. The number of nitrogens with zero attached hydrogens (tertiary/aromatic N) is 3. The molecule has 0 aromatic carbocycles. The van der Waals surface area contributed by atoms with Gasteiger partial charge in [0.1, 0.15) is 17.7 Å². The van der Waals surface area contributed by atoms with Gasteiger partial charge in [0, 0.05) is 30.8 Å². The van der Waals surface area contributed by atoms with Crippen LogP contribution in [0.3, 0.4) is 0 Å². The second kappa shape index (κ2) is 9.10. The van der Waals surface area contributed by atoms with Crippen molar-refractivity contribution in [1.82, 2.24) is 20.2 Å². The number of nitrogens with one attached hydrogen (secondary N) is 1. The monoisotopic (exact) mass is 462 g/mol. The smallest absolute Gasteiger partial charge is 0.458 e. The highest BCUT2D eigenvalue weighted by Crippen LogP contribution is 2.36. The van der Waals surface area contributed by atoms with Crippen molar-refractivity contribution < 1.29 is 28.4 Å². The molecule has 182 valence electrons. The number of rotatable bonds is 5. The Labute approximate surface area is 195 Å². The minimum absolute atomic E-state index is 0.191. The minimum atomic E-state index is -0.700. The molecule has 0 bridgehead atoms. The summed E-state index contributed by atoms with van der Waals surface area (Å²) in [5.41, 5.74) is -0.798. The molecular weight excluding hydrogens is 427 g/mol. The van der Waals surface area contributed by atoms with Crippen LogP contribution in [0, 0.1) is 0 Å². The third kappa shape index (κ3) is 6.14. The quantitative estimate of drug-likeness (QED) is 0.658. The van der Waals surface area contributed by atoms with E-state index in [9.17, 15) is 9.59 Å². The molecule has 2 aliphatic heterocycles. The Morgan fingerprint density at radius 3 is 2.30 bits per heavy atom. The van der Waals surface area contributed by atoms with E-state index >= 15 is 0 Å². The lowest BCUT2D eigenvalue weighted by Gasteiger charge is -2.32. The molecule has 11 heteroatoms. The van der Waals surface area contributed by atoms with Crippen molar-refractivity contribution >= 4 is 24.6 Å². The van der Waals surface area contributed by atoms with Crippen LogP contribution in [0.5, 0.6) is 6.01 Å². The minimum Gasteiger partial charge on any atom is -0.458 e. The highest BCUT2D eigenvalue weighted by molar-refractivity contribution is 6.61. The zero-order valence-electron chi connectivity index (χ0n) is 20.8. The number of ether oxygens (including phenoxy) is 2. The molecule has 3 rings (SSSR count). The molecule has 1 N–H and O–H groups in total. The number of likely N-dealkylation sites (tertiary alicyclic amines) is 1. The number of amides is 2. The van der Waals surface area contributed by atoms with Crippen molar-refractivity contribution in [3.05, 3.63) is 12.4 Å². The van der Waals surface area contributed by atoms with E-state index in [1.54, 1.807) is 45.0 Å². The number of carbonyl (C=O) groups is 2. The van der Waals surface area contributed by atoms with Crippen LogP contribution in [-0.2, 0) is 18.8 Å². The summed E-state index contributed by atoms with van der Waals surface area (Å²) in [6.07, 6.45) is 3.06. The molecule has 33 heavy (non-hydrogen) atoms. The lowest BCUT2D eigenvalue weighted by Crippen LogP contribution is -2.47. The highest BCUT2D eigenvalue weighted by atomic mass is 16.7. The maximum Gasteiger partial charge on any atom is 0.498 e. The maximum absolute atomic E-state index is 12.7. The topological polar surface area (TPSA) is 112 Å². The van der Waals surface area contributed by atoms with Gasteiger partial charge in [-0.1, -0.05) is 0 Å². The van der Waals surface area contributed by atoms with Gasteiger partial charge in [0.25, 0.3) is 0 Å². The van der Waals surface area contributed by atoms with E-state index < -0.39 is 36.1 Å². The van der Waals surface area contributed by atoms with E-state index in [1.165, 1.54) is 0 Å². The number of aromatic nitrogens is 2. The van der Waals surface area contributed by atoms with Gasteiger partial charge in [0.15, 0.2) is 0 Å². The molecular formula is C22H35BN4O6. The first-order valence-corrected chi connectivity index (χ1v) is 11.3. The predicted molar refractivity (Wildman–Crippen MR) is 122 cm³/mol. The second-order valence-electron chi connectivity index (χ2n) is 10.6. The Morgan fingerprint density at radius 2 is 1.76 bits per heavy atom. The zero-order valence-corrected chi connectivity index (χ0v) is 20.8. The number of alkyl carbamates (subject to hydrolysis) is 1. The Balaban J connectivity index is 1.50. The molecule has 1 aromatic heterocycles. The molecule has 2 saturated heterocycles. The third-order valence-electron chi connectivity index (χ3n) is 6.01. The molecule has 0 aliphatic carbocycles. The molecule has 0 spiro atoms. The van der Waals surface area contributed by atoms with E-state index in [0.29, 0.717) is 25.0 Å². The van der Waals surface area contributed by atoms with Gasteiger partial charge in [0.2, 0.25) is 5.91 Å². The molecule has 0 saturated carbocycles. The van der Waals surface area contributed by atoms with Crippen molar-refractivity contribution in [3.8, 4) is 6.01 Å². The SMILES string of the molecule is C[C@@H](NC(=O)OC(C)(C)C)C(=O)N1CC[C@H](Oc2ncc(B3OC(C)(C)C(C)(C)O3)cn2)C1. The summed E-state index contributed by atoms with van der Waals surface area (Å²) in [6.45, 7) is 15.8. The van der Waals surface area contributed by atoms with E-state index in [1.807, 2.05) is 27.7 Å². The fraction of sp³-hybridized carbons (Fsp3) is 0.727. The first-order chi connectivity index (χ1) is 15.2. The zero-order chi connectivity index (χ0) is 24.6. The van der Waals surface area contributed by atoms with Crippen molar-refractivity contribution in [2.45, 2.75) is 90.8 Å². The standard InChI is InChI=1S/C22H35BN4O6/c1-14(26-19(29)31-20(2,3)4)17(28)27-10-9-16(13-27)30-18-24-11-15(12-25-18)23-32-21(5,6)22(7,8)33-23/h11-12,14,16H,9-10,13H2,1-8H3,(H,26,29)/t14-,16+/m1/s1. The van der Waals surface area contributed by atoms with Crippen molar-refractivity contribution in [2.75, 3.05) is 13.1 Å². The van der Waals surface area contributed by atoms with Crippen LogP contribution < -0.4 is 15.5 Å². The van der Waals surface area contributed by atoms with Crippen LogP contribution in [-0.4, -0.2) is 76.0 Å². The molecule has 0 unspecified atom stereocenters. The predicted octanol–water partition coefficient (Wildman–Crippen LogP) is 1.67. The summed E-state index contributed by atoms with van der Waals surface area (Å²) in [5, 5.41) is 2.58. The summed E-state index contributed by atoms with van der Waals surface area (Å²) in [4.78, 5) is 34.8. The molecule has 2 atom stereocenters. The van der Waals surface area contributed by atoms with E-state index in [-0.39, 0.29) is 18.0 Å². The Morgan fingerprint density at radius 1 is 1.18 bits per heavy atom. The molecule has 2 amide bonds. The first-order valence-electron chi connectivity index (χ1n) is 11.3. The second-order valence-corrected chi connectivity index (χ2v) is 10.6. The van der Waals surface area contributed by atoms with Gasteiger partial charge >= 0.3 is 19.2 Å². The van der Waals surface area contributed by atoms with Gasteiger partial charge in [-0.3, -0.25) is 4.79 Å². The molecule has 3 heterocycles. The van der Waals surface area contributed by atoms with Crippen molar-refractivity contribution in [2.24, 2.45) is 0 Å². The summed E-state index contributed by atoms with van der Waals surface area (Å²) in [6, 6.07) is -0.469. The van der Waals surface area contributed by atoms with Crippen LogP contribution in [0.25, 0.3) is 0 Å². The average molecular weight is 462 g/mol. The molecule has 2 fully saturated rings. The lowest BCUT2D eigenvalue weighted by atomic mass is 9.81. The van der Waals surface area contributed by atoms with Crippen LogP contribution in [0.1, 0.15) is 61.8 Å². The maximum atomic E-state index is 12.7. The Kier molecular flexibility index (Phi) is 6.96. The van der Waals surface area contributed by atoms with Crippen LogP contribution in [0.15, 0.2) is 12.4 Å². The molecule has 1 aromatic rings. The van der Waals surface area contributed by atoms with Gasteiger partial charge in [-0.15, -0.1) is 0 Å². The largest absolute Gasteiger partial charge is 0.498 e. The first kappa shape index (κ1) is 25.2. The lowest BCUT2D eigenvalue weighted by molar-refractivity contribution is -0.132.